The third-order valence-electron chi connectivity index (χ3n) is 4.88. The first-order valence-corrected chi connectivity index (χ1v) is 13.6. The molecule has 31 heavy (non-hydrogen) atoms. The van der Waals surface area contributed by atoms with Crippen molar-refractivity contribution < 1.29 is 25.3 Å². The van der Waals surface area contributed by atoms with Crippen LogP contribution >= 0.6 is 0 Å². The van der Waals surface area contributed by atoms with Gasteiger partial charge in [-0.3, -0.25) is 0 Å². The standard InChI is InChI=1S/C11H15N3O4S2.C6H8N2O2S/c1-12-19(15,16)8-4-5-9-10(7-8)20(17,18)13-11-3-2-6-14(9)11;7-5-3-1-2-4-6(5)11(8,9)10/h4-5,7,11-13H,2-3,6H2,1H3;1-4H,7H2,(H2,8,9,10). The van der Waals surface area contributed by atoms with Gasteiger partial charge in [-0.1, -0.05) is 12.1 Å². The largest absolute Gasteiger partial charge is 0.398 e. The second kappa shape index (κ2) is 8.37. The molecule has 1 atom stereocenters. The molecule has 6 N–H and O–H groups in total. The average molecular weight is 490 g/mol. The molecular formula is C17H23N5O6S3. The molecule has 1 fully saturated rings. The Kier molecular flexibility index (Phi) is 6.32. The van der Waals surface area contributed by atoms with Crippen LogP contribution in [0, 0.1) is 0 Å². The highest BCUT2D eigenvalue weighted by Crippen LogP contribution is 2.36. The molecule has 1 saturated heterocycles. The summed E-state index contributed by atoms with van der Waals surface area (Å²) in [5.41, 5.74) is 6.09. The fourth-order valence-corrected chi connectivity index (χ4v) is 6.36. The Bertz CT molecular complexity index is 1310. The molecular weight excluding hydrogens is 466 g/mol. The second-order valence-corrected chi connectivity index (χ2v) is 12.0. The molecule has 0 aromatic heterocycles. The van der Waals surface area contributed by atoms with Crippen molar-refractivity contribution in [1.29, 1.82) is 0 Å². The van der Waals surface area contributed by atoms with Crippen molar-refractivity contribution in [3.05, 3.63) is 42.5 Å². The van der Waals surface area contributed by atoms with E-state index in [0.29, 0.717) is 5.69 Å². The summed E-state index contributed by atoms with van der Waals surface area (Å²) in [4.78, 5) is 1.90. The van der Waals surface area contributed by atoms with Crippen LogP contribution in [0.25, 0.3) is 0 Å². The lowest BCUT2D eigenvalue weighted by Crippen LogP contribution is -2.48. The lowest BCUT2D eigenvalue weighted by Gasteiger charge is -2.34. The number of primary sulfonamides is 1. The van der Waals surface area contributed by atoms with Gasteiger partial charge in [0.05, 0.1) is 22.4 Å². The van der Waals surface area contributed by atoms with Gasteiger partial charge in [0, 0.05) is 6.54 Å². The van der Waals surface area contributed by atoms with Gasteiger partial charge in [0.2, 0.25) is 30.1 Å². The molecule has 170 valence electrons. The summed E-state index contributed by atoms with van der Waals surface area (Å²) < 4.78 is 74.3. The number of nitrogens with one attached hydrogen (secondary N) is 2. The highest BCUT2D eigenvalue weighted by atomic mass is 32.2. The lowest BCUT2D eigenvalue weighted by molar-refractivity contribution is 0.539. The predicted molar refractivity (Wildman–Crippen MR) is 116 cm³/mol. The van der Waals surface area contributed by atoms with Crippen LogP contribution in [0.3, 0.4) is 0 Å². The Morgan fingerprint density at radius 1 is 1.13 bits per heavy atom. The summed E-state index contributed by atoms with van der Waals surface area (Å²) in [7, 11) is -9.70. The normalized spacial score (nSPS) is 19.7. The zero-order valence-electron chi connectivity index (χ0n) is 16.5. The van der Waals surface area contributed by atoms with E-state index in [2.05, 4.69) is 9.44 Å². The third-order valence-corrected chi connectivity index (χ3v) is 8.76. The number of sulfonamides is 3. The molecule has 0 radical (unpaired) electrons. The van der Waals surface area contributed by atoms with Crippen molar-refractivity contribution in [3.8, 4) is 0 Å². The van der Waals surface area contributed by atoms with Crippen molar-refractivity contribution >= 4 is 41.4 Å². The molecule has 2 aliphatic rings. The minimum Gasteiger partial charge on any atom is -0.398 e. The number of rotatable bonds is 3. The Labute approximate surface area is 181 Å². The van der Waals surface area contributed by atoms with E-state index in [0.717, 1.165) is 19.4 Å². The van der Waals surface area contributed by atoms with E-state index in [-0.39, 0.29) is 26.5 Å². The molecule has 4 rings (SSSR count). The lowest BCUT2D eigenvalue weighted by atomic mass is 10.3. The Hall–Kier alpha value is -2.23. The van der Waals surface area contributed by atoms with E-state index in [9.17, 15) is 25.3 Å². The van der Waals surface area contributed by atoms with Crippen LogP contribution in [0.15, 0.2) is 57.2 Å². The summed E-state index contributed by atoms with van der Waals surface area (Å²) in [6.45, 7) is 0.762. The topological polar surface area (TPSA) is 182 Å². The maximum Gasteiger partial charge on any atom is 0.244 e. The van der Waals surface area contributed by atoms with Crippen LogP contribution in [-0.2, 0) is 30.1 Å². The van der Waals surface area contributed by atoms with Crippen molar-refractivity contribution in [2.75, 3.05) is 24.2 Å². The van der Waals surface area contributed by atoms with Gasteiger partial charge >= 0.3 is 0 Å². The fourth-order valence-electron chi connectivity index (χ4n) is 3.39. The Morgan fingerprint density at radius 3 is 2.39 bits per heavy atom. The van der Waals surface area contributed by atoms with Gasteiger partial charge in [0.15, 0.2) is 0 Å². The van der Waals surface area contributed by atoms with Crippen LogP contribution in [-0.4, -0.2) is 45.0 Å². The van der Waals surface area contributed by atoms with Crippen molar-refractivity contribution in [2.24, 2.45) is 5.14 Å². The predicted octanol–water partition coefficient (Wildman–Crippen LogP) is -0.271. The van der Waals surface area contributed by atoms with E-state index in [1.807, 2.05) is 4.90 Å². The number of anilines is 2. The Balaban J connectivity index is 0.000000210. The summed E-state index contributed by atoms with van der Waals surface area (Å²) >= 11 is 0. The van der Waals surface area contributed by atoms with Crippen LogP contribution in [0.4, 0.5) is 11.4 Å². The maximum atomic E-state index is 12.2. The summed E-state index contributed by atoms with van der Waals surface area (Å²) in [5, 5.41) is 4.85. The first kappa shape index (κ1) is 23.4. The second-order valence-electron chi connectivity index (χ2n) is 6.89. The number of nitrogens with zero attached hydrogens (tertiary/aromatic N) is 1. The molecule has 0 bridgehead atoms. The third kappa shape index (κ3) is 4.83. The molecule has 0 aliphatic carbocycles. The van der Waals surface area contributed by atoms with E-state index in [1.165, 1.54) is 31.3 Å². The number of hydrogen-bond acceptors (Lipinski definition) is 8. The van der Waals surface area contributed by atoms with Gasteiger partial charge in [-0.05, 0) is 50.2 Å². The molecule has 2 aromatic carbocycles. The molecule has 0 saturated carbocycles. The minimum atomic E-state index is -3.67. The van der Waals surface area contributed by atoms with Crippen LogP contribution in [0.5, 0.6) is 0 Å². The molecule has 14 heteroatoms. The van der Waals surface area contributed by atoms with Gasteiger partial charge in [0.25, 0.3) is 0 Å². The molecule has 0 spiro atoms. The average Bonchev–Trinajstić information content (AvgIpc) is 3.15. The molecule has 0 amide bonds. The first-order chi connectivity index (χ1) is 14.4. The van der Waals surface area contributed by atoms with Crippen LogP contribution in [0.2, 0.25) is 0 Å². The number of fused-ring (bicyclic) bond motifs is 3. The monoisotopic (exact) mass is 489 g/mol. The van der Waals surface area contributed by atoms with Crippen LogP contribution < -0.4 is 25.2 Å². The Morgan fingerprint density at radius 2 is 1.81 bits per heavy atom. The molecule has 1 unspecified atom stereocenters. The van der Waals surface area contributed by atoms with E-state index in [1.54, 1.807) is 18.2 Å². The maximum absolute atomic E-state index is 12.2. The molecule has 2 aromatic rings. The van der Waals surface area contributed by atoms with Gasteiger partial charge < -0.3 is 10.6 Å². The summed E-state index contributed by atoms with van der Waals surface area (Å²) in [5.74, 6) is 0. The first-order valence-electron chi connectivity index (χ1n) is 9.11. The summed E-state index contributed by atoms with van der Waals surface area (Å²) in [6, 6.07) is 10.3. The van der Waals surface area contributed by atoms with E-state index < -0.39 is 30.1 Å². The number of nitrogens with two attached hydrogens (primary N) is 2. The SMILES string of the molecule is CNS(=O)(=O)c1ccc2c(c1)S(=O)(=O)NC1CCCN21.Nc1ccccc1S(N)(=O)=O. The number of para-hydroxylation sites is 1. The van der Waals surface area contributed by atoms with Gasteiger partial charge in [-0.15, -0.1) is 0 Å². The number of benzene rings is 2. The number of hydrogen-bond donors (Lipinski definition) is 4. The van der Waals surface area contributed by atoms with Gasteiger partial charge in [0.1, 0.15) is 9.79 Å². The van der Waals surface area contributed by atoms with Crippen molar-refractivity contribution in [1.82, 2.24) is 9.44 Å². The molecule has 2 heterocycles. The number of nitrogen functional groups attached to an aromatic ring is 1. The highest BCUT2D eigenvalue weighted by molar-refractivity contribution is 7.90. The van der Waals surface area contributed by atoms with Crippen LogP contribution in [0.1, 0.15) is 12.8 Å². The molecule has 2 aliphatic heterocycles. The smallest absolute Gasteiger partial charge is 0.244 e. The summed E-state index contributed by atoms with van der Waals surface area (Å²) in [6.07, 6.45) is 1.44. The zero-order valence-corrected chi connectivity index (χ0v) is 19.0. The van der Waals surface area contributed by atoms with E-state index in [4.69, 9.17) is 10.9 Å². The van der Waals surface area contributed by atoms with Crippen molar-refractivity contribution in [2.45, 2.75) is 33.7 Å². The highest BCUT2D eigenvalue weighted by Gasteiger charge is 2.38. The zero-order chi connectivity index (χ0) is 23.0. The van der Waals surface area contributed by atoms with E-state index >= 15 is 0 Å². The quantitative estimate of drug-likeness (QED) is 0.425. The molecule has 11 nitrogen and oxygen atoms in total. The van der Waals surface area contributed by atoms with Crippen molar-refractivity contribution in [3.63, 3.8) is 0 Å². The van der Waals surface area contributed by atoms with Gasteiger partial charge in [-0.2, -0.15) is 4.72 Å². The fraction of sp³-hybridized carbons (Fsp3) is 0.294. The minimum absolute atomic E-state index is 0.0203. The van der Waals surface area contributed by atoms with Gasteiger partial charge in [-0.25, -0.2) is 35.1 Å².